The van der Waals surface area contributed by atoms with Gasteiger partial charge in [-0.15, -0.1) is 22.7 Å². The number of rotatable bonds is 3. The summed E-state index contributed by atoms with van der Waals surface area (Å²) in [5.41, 5.74) is 2.94. The molecule has 4 nitrogen and oxygen atoms in total. The van der Waals surface area contributed by atoms with Crippen molar-refractivity contribution in [1.82, 2.24) is 9.55 Å². The van der Waals surface area contributed by atoms with E-state index >= 15 is 0 Å². The van der Waals surface area contributed by atoms with Crippen molar-refractivity contribution in [3.05, 3.63) is 126 Å². The summed E-state index contributed by atoms with van der Waals surface area (Å²) in [6, 6.07) is 34.1. The third-order valence-electron chi connectivity index (χ3n) is 7.20. The minimum atomic E-state index is -0.252. The van der Waals surface area contributed by atoms with E-state index in [0.29, 0.717) is 17.0 Å². The second-order valence-electron chi connectivity index (χ2n) is 9.55. The van der Waals surface area contributed by atoms with Crippen LogP contribution in [-0.4, -0.2) is 21.1 Å². The molecule has 1 aliphatic carbocycles. The van der Waals surface area contributed by atoms with Crippen molar-refractivity contribution >= 4 is 71.5 Å². The van der Waals surface area contributed by atoms with Crippen molar-refractivity contribution in [2.24, 2.45) is 0 Å². The van der Waals surface area contributed by atoms with Crippen molar-refractivity contribution in [3.63, 3.8) is 0 Å². The third-order valence-corrected chi connectivity index (χ3v) is 9.53. The summed E-state index contributed by atoms with van der Waals surface area (Å²) in [6.07, 6.45) is 1.66. The molecule has 0 spiro atoms. The van der Waals surface area contributed by atoms with Crippen LogP contribution in [0.3, 0.4) is 0 Å². The van der Waals surface area contributed by atoms with E-state index in [2.05, 4.69) is 36.4 Å². The highest BCUT2D eigenvalue weighted by molar-refractivity contribution is 7.28. The molecule has 0 unspecified atom stereocenters. The molecule has 8 rings (SSSR count). The molecule has 7 aromatic rings. The van der Waals surface area contributed by atoms with Gasteiger partial charge >= 0.3 is 0 Å². The normalized spacial score (nSPS) is 13.2. The van der Waals surface area contributed by atoms with E-state index in [-0.39, 0.29) is 17.1 Å². The van der Waals surface area contributed by atoms with E-state index in [1.807, 2.05) is 71.3 Å². The Morgan fingerprint density at radius 2 is 1.26 bits per heavy atom. The quantitative estimate of drug-likeness (QED) is 0.167. The number of aromatic nitrogens is 2. The number of thiophene rings is 2. The number of nitrogens with zero attached hydrogens (tertiary/aromatic N) is 2. The second kappa shape index (κ2) is 8.43. The minimum Gasteiger partial charge on any atom is -0.292 e. The molecule has 0 saturated carbocycles. The predicted molar refractivity (Wildman–Crippen MR) is 160 cm³/mol. The number of imidazole rings is 1. The Hall–Kier alpha value is -4.65. The first kappa shape index (κ1) is 22.3. The molecule has 0 aliphatic heterocycles. The fourth-order valence-electron chi connectivity index (χ4n) is 5.33. The van der Waals surface area contributed by atoms with Gasteiger partial charge in [0.05, 0.1) is 11.1 Å². The van der Waals surface area contributed by atoms with Crippen LogP contribution in [0.25, 0.3) is 52.7 Å². The lowest BCUT2D eigenvalue weighted by Gasteiger charge is -2.06. The summed E-state index contributed by atoms with van der Waals surface area (Å²) in [5, 5.41) is 3.11. The number of hydrogen-bond acceptors (Lipinski definition) is 5. The van der Waals surface area contributed by atoms with Crippen LogP contribution in [-0.2, 0) is 0 Å². The molecule has 0 radical (unpaired) electrons. The molecular formula is C33H18N2O2S2. The second-order valence-corrected chi connectivity index (χ2v) is 11.7. The van der Waals surface area contributed by atoms with Crippen molar-refractivity contribution in [2.75, 3.05) is 0 Å². The van der Waals surface area contributed by atoms with Crippen molar-refractivity contribution in [2.45, 2.75) is 0 Å². The minimum absolute atomic E-state index is 0.153. The molecular weight excluding hydrogens is 521 g/mol. The fourth-order valence-corrected chi connectivity index (χ4v) is 7.49. The zero-order valence-electron chi connectivity index (χ0n) is 20.4. The SMILES string of the molecule is O=C1C(=Cc2nc3sc(-c4cc5ccccc5s4)cc3n2-c2ccccc2)C(=O)c2cc3ccccc3cc21. The van der Waals surface area contributed by atoms with Crippen LogP contribution in [0.15, 0.2) is 109 Å². The van der Waals surface area contributed by atoms with Gasteiger partial charge in [-0.1, -0.05) is 60.7 Å². The van der Waals surface area contributed by atoms with Crippen LogP contribution in [0.4, 0.5) is 0 Å². The van der Waals surface area contributed by atoms with Gasteiger partial charge < -0.3 is 0 Å². The van der Waals surface area contributed by atoms with Crippen molar-refractivity contribution in [3.8, 4) is 15.4 Å². The van der Waals surface area contributed by atoms with E-state index < -0.39 is 0 Å². The fraction of sp³-hybridized carbons (Fsp3) is 0. The van der Waals surface area contributed by atoms with Gasteiger partial charge in [0.2, 0.25) is 0 Å². The molecule has 3 aromatic heterocycles. The Morgan fingerprint density at radius 3 is 1.95 bits per heavy atom. The van der Waals surface area contributed by atoms with Crippen LogP contribution in [0.2, 0.25) is 0 Å². The first-order valence-corrected chi connectivity index (χ1v) is 14.2. The van der Waals surface area contributed by atoms with Gasteiger partial charge in [0.1, 0.15) is 10.7 Å². The van der Waals surface area contributed by atoms with Crippen LogP contribution >= 0.6 is 22.7 Å². The number of allylic oxidation sites excluding steroid dienone is 1. The Kier molecular flexibility index (Phi) is 4.83. The van der Waals surface area contributed by atoms with Gasteiger partial charge in [0.25, 0.3) is 0 Å². The lowest BCUT2D eigenvalue weighted by atomic mass is 10.0. The Balaban J connectivity index is 1.29. The number of Topliss-reactive ketones (excluding diaryl/α,β-unsaturated/α-hetero) is 2. The molecule has 6 heteroatoms. The highest BCUT2D eigenvalue weighted by Gasteiger charge is 2.34. The highest BCUT2D eigenvalue weighted by Crippen LogP contribution is 2.41. The number of benzene rings is 4. The molecule has 0 amide bonds. The van der Waals surface area contributed by atoms with Gasteiger partial charge in [-0.2, -0.15) is 0 Å². The van der Waals surface area contributed by atoms with E-state index in [1.165, 1.54) is 15.0 Å². The Morgan fingerprint density at radius 1 is 0.641 bits per heavy atom. The number of carbonyl (C=O) groups is 2. The lowest BCUT2D eigenvalue weighted by Crippen LogP contribution is -2.03. The molecule has 3 heterocycles. The number of carbonyl (C=O) groups excluding carboxylic acids is 2. The molecule has 0 atom stereocenters. The highest BCUT2D eigenvalue weighted by atomic mass is 32.1. The van der Waals surface area contributed by atoms with Crippen LogP contribution < -0.4 is 0 Å². The molecule has 184 valence electrons. The summed E-state index contributed by atoms with van der Waals surface area (Å²) >= 11 is 3.39. The monoisotopic (exact) mass is 538 g/mol. The van der Waals surface area contributed by atoms with Gasteiger partial charge in [0, 0.05) is 31.3 Å². The smallest absolute Gasteiger partial charge is 0.197 e. The lowest BCUT2D eigenvalue weighted by molar-refractivity contribution is 0.0990. The number of fused-ring (bicyclic) bond motifs is 4. The zero-order chi connectivity index (χ0) is 26.1. The molecule has 0 fully saturated rings. The molecule has 1 aliphatic rings. The van der Waals surface area contributed by atoms with Gasteiger partial charge in [-0.3, -0.25) is 14.2 Å². The van der Waals surface area contributed by atoms with E-state index in [1.54, 1.807) is 28.7 Å². The predicted octanol–water partition coefficient (Wildman–Crippen LogP) is 8.58. The summed E-state index contributed by atoms with van der Waals surface area (Å²) in [7, 11) is 0. The molecule has 0 saturated heterocycles. The number of hydrogen-bond donors (Lipinski definition) is 0. The Labute approximate surface area is 231 Å². The summed E-state index contributed by atoms with van der Waals surface area (Å²) in [5.74, 6) is 0.0646. The topological polar surface area (TPSA) is 52.0 Å². The number of ketones is 2. The maximum Gasteiger partial charge on any atom is 0.197 e. The molecule has 0 N–H and O–H groups in total. The van der Waals surface area contributed by atoms with Crippen molar-refractivity contribution in [1.29, 1.82) is 0 Å². The van der Waals surface area contributed by atoms with Crippen molar-refractivity contribution < 1.29 is 9.59 Å². The maximum absolute atomic E-state index is 13.5. The average molecular weight is 539 g/mol. The average Bonchev–Trinajstić information content (AvgIpc) is 3.71. The Bertz CT molecular complexity index is 2070. The maximum atomic E-state index is 13.5. The molecule has 4 aromatic carbocycles. The molecule has 0 bridgehead atoms. The third kappa shape index (κ3) is 3.46. The largest absolute Gasteiger partial charge is 0.292 e. The van der Waals surface area contributed by atoms with E-state index in [4.69, 9.17) is 4.98 Å². The van der Waals surface area contributed by atoms with E-state index in [0.717, 1.165) is 31.7 Å². The van der Waals surface area contributed by atoms with Gasteiger partial charge in [0.15, 0.2) is 11.6 Å². The van der Waals surface area contributed by atoms with Gasteiger partial charge in [-0.25, -0.2) is 4.98 Å². The zero-order valence-corrected chi connectivity index (χ0v) is 22.1. The molecule has 39 heavy (non-hydrogen) atoms. The summed E-state index contributed by atoms with van der Waals surface area (Å²) in [4.78, 5) is 35.1. The number of para-hydroxylation sites is 1. The summed E-state index contributed by atoms with van der Waals surface area (Å²) in [6.45, 7) is 0. The van der Waals surface area contributed by atoms with Crippen LogP contribution in [0, 0.1) is 0 Å². The first-order chi connectivity index (χ1) is 19.1. The first-order valence-electron chi connectivity index (χ1n) is 12.5. The van der Waals surface area contributed by atoms with Gasteiger partial charge in [-0.05, 0) is 64.7 Å². The van der Waals surface area contributed by atoms with E-state index in [9.17, 15) is 9.59 Å². The van der Waals surface area contributed by atoms with Crippen LogP contribution in [0.5, 0.6) is 0 Å². The standard InChI is InChI=1S/C33H18N2O2S2/c36-31-23-14-19-8-4-5-9-20(19)15-24(23)32(37)25(31)17-30-34-33-26(35(30)22-11-2-1-3-12-22)18-29(39-33)28-16-21-10-6-7-13-27(21)38-28/h1-18H. The van der Waals surface area contributed by atoms with Crippen LogP contribution in [0.1, 0.15) is 26.5 Å². The summed E-state index contributed by atoms with van der Waals surface area (Å²) < 4.78 is 3.29.